The van der Waals surface area contributed by atoms with Crippen LogP contribution in [-0.2, 0) is 6.61 Å². The molecule has 0 unspecified atom stereocenters. The van der Waals surface area contributed by atoms with Gasteiger partial charge in [0.05, 0.1) is 13.3 Å². The molecular weight excluding hydrogens is 406 g/mol. The Balaban J connectivity index is 1.50. The van der Waals surface area contributed by atoms with Crippen molar-refractivity contribution in [3.63, 3.8) is 0 Å². The molecule has 0 heterocycles. The zero-order valence-electron chi connectivity index (χ0n) is 15.8. The van der Waals surface area contributed by atoms with Crippen LogP contribution in [0.3, 0.4) is 0 Å². The van der Waals surface area contributed by atoms with E-state index in [1.165, 1.54) is 0 Å². The van der Waals surface area contributed by atoms with E-state index < -0.39 is 0 Å². The molecule has 3 aromatic carbocycles. The molecule has 5 nitrogen and oxygen atoms in total. The van der Waals surface area contributed by atoms with Crippen molar-refractivity contribution in [1.29, 1.82) is 0 Å². The Morgan fingerprint density at radius 2 is 1.79 bits per heavy atom. The van der Waals surface area contributed by atoms with E-state index in [4.69, 9.17) is 33.3 Å². The molecule has 7 heteroatoms. The lowest BCUT2D eigenvalue weighted by molar-refractivity contribution is 0.306. The Morgan fingerprint density at radius 1 is 1.03 bits per heavy atom. The highest BCUT2D eigenvalue weighted by Gasteiger charge is 1.99. The summed E-state index contributed by atoms with van der Waals surface area (Å²) in [6.07, 6.45) is 1.68. The summed E-state index contributed by atoms with van der Waals surface area (Å²) < 4.78 is 11.0. The first-order valence-corrected chi connectivity index (χ1v) is 9.62. The van der Waals surface area contributed by atoms with Crippen molar-refractivity contribution in [2.75, 3.05) is 12.4 Å². The van der Waals surface area contributed by atoms with Crippen LogP contribution < -0.4 is 20.2 Å². The van der Waals surface area contributed by atoms with Crippen molar-refractivity contribution >= 4 is 40.8 Å². The van der Waals surface area contributed by atoms with E-state index in [1.54, 1.807) is 13.3 Å². The monoisotopic (exact) mass is 425 g/mol. The van der Waals surface area contributed by atoms with Crippen molar-refractivity contribution in [3.05, 3.63) is 88.9 Å². The van der Waals surface area contributed by atoms with Crippen LogP contribution in [0, 0.1) is 0 Å². The van der Waals surface area contributed by atoms with Gasteiger partial charge in [0.2, 0.25) is 0 Å². The smallest absolute Gasteiger partial charge is 0.191 e. The maximum atomic E-state index is 5.90. The molecule has 0 amide bonds. The number of methoxy groups -OCH3 is 1. The van der Waals surface area contributed by atoms with Crippen molar-refractivity contribution in [2.24, 2.45) is 5.10 Å². The van der Waals surface area contributed by atoms with E-state index in [9.17, 15) is 0 Å². The second kappa shape index (κ2) is 10.5. The van der Waals surface area contributed by atoms with Gasteiger partial charge in [-0.3, -0.25) is 5.43 Å². The summed E-state index contributed by atoms with van der Waals surface area (Å²) in [6.45, 7) is 0.464. The molecule has 0 bridgehead atoms. The number of thiocarbonyl (C=S) groups is 1. The van der Waals surface area contributed by atoms with Gasteiger partial charge in [-0.25, -0.2) is 0 Å². The minimum absolute atomic E-state index is 0.390. The summed E-state index contributed by atoms with van der Waals surface area (Å²) in [5.74, 6) is 1.54. The SMILES string of the molecule is COc1ccc(NC(=S)N/N=C\c2cccc(OCc3ccc(Cl)cc3)c2)cc1. The number of nitrogens with one attached hydrogen (secondary N) is 2. The maximum absolute atomic E-state index is 5.90. The van der Waals surface area contributed by atoms with Crippen LogP contribution in [0.15, 0.2) is 77.9 Å². The molecule has 0 aliphatic carbocycles. The molecule has 0 atom stereocenters. The summed E-state index contributed by atoms with van der Waals surface area (Å²) in [5, 5.41) is 8.31. The third-order valence-corrected chi connectivity index (χ3v) is 4.35. The predicted molar refractivity (Wildman–Crippen MR) is 122 cm³/mol. The Hall–Kier alpha value is -3.09. The maximum Gasteiger partial charge on any atom is 0.191 e. The van der Waals surface area contributed by atoms with Gasteiger partial charge in [0.25, 0.3) is 0 Å². The highest BCUT2D eigenvalue weighted by molar-refractivity contribution is 7.80. The van der Waals surface area contributed by atoms with Crippen LogP contribution in [0.2, 0.25) is 5.02 Å². The fourth-order valence-electron chi connectivity index (χ4n) is 2.43. The molecule has 148 valence electrons. The normalized spacial score (nSPS) is 10.6. The molecule has 0 spiro atoms. The predicted octanol–water partition coefficient (Wildman–Crippen LogP) is 5.25. The van der Waals surface area contributed by atoms with Gasteiger partial charge in [-0.05, 0) is 71.9 Å². The lowest BCUT2D eigenvalue weighted by atomic mass is 10.2. The highest BCUT2D eigenvalue weighted by atomic mass is 35.5. The van der Waals surface area contributed by atoms with Crippen molar-refractivity contribution in [2.45, 2.75) is 6.61 Å². The average Bonchev–Trinajstić information content (AvgIpc) is 2.74. The van der Waals surface area contributed by atoms with E-state index in [0.717, 1.165) is 28.3 Å². The van der Waals surface area contributed by atoms with Crippen LogP contribution in [0.4, 0.5) is 5.69 Å². The minimum Gasteiger partial charge on any atom is -0.497 e. The zero-order valence-corrected chi connectivity index (χ0v) is 17.3. The van der Waals surface area contributed by atoms with Gasteiger partial charge < -0.3 is 14.8 Å². The van der Waals surface area contributed by atoms with Crippen LogP contribution in [0.5, 0.6) is 11.5 Å². The van der Waals surface area contributed by atoms with Gasteiger partial charge >= 0.3 is 0 Å². The van der Waals surface area contributed by atoms with Crippen LogP contribution in [0.25, 0.3) is 0 Å². The summed E-state index contributed by atoms with van der Waals surface area (Å²) in [6, 6.07) is 22.7. The van der Waals surface area contributed by atoms with E-state index in [0.29, 0.717) is 16.7 Å². The molecular formula is C22H20ClN3O2S. The molecule has 29 heavy (non-hydrogen) atoms. The van der Waals surface area contributed by atoms with E-state index in [2.05, 4.69) is 15.8 Å². The van der Waals surface area contributed by atoms with Crippen LogP contribution >= 0.6 is 23.8 Å². The highest BCUT2D eigenvalue weighted by Crippen LogP contribution is 2.16. The quantitative estimate of drug-likeness (QED) is 0.307. The number of nitrogens with zero attached hydrogens (tertiary/aromatic N) is 1. The van der Waals surface area contributed by atoms with E-state index >= 15 is 0 Å². The number of halogens is 1. The Morgan fingerprint density at radius 3 is 2.52 bits per heavy atom. The van der Waals surface area contributed by atoms with Gasteiger partial charge in [-0.2, -0.15) is 5.10 Å². The van der Waals surface area contributed by atoms with Crippen LogP contribution in [-0.4, -0.2) is 18.4 Å². The summed E-state index contributed by atoms with van der Waals surface area (Å²) in [4.78, 5) is 0. The number of hydrogen-bond acceptors (Lipinski definition) is 4. The summed E-state index contributed by atoms with van der Waals surface area (Å²) >= 11 is 11.1. The zero-order chi connectivity index (χ0) is 20.5. The summed E-state index contributed by atoms with van der Waals surface area (Å²) in [5.41, 5.74) is 5.57. The number of anilines is 1. The molecule has 3 rings (SSSR count). The molecule has 0 radical (unpaired) electrons. The lowest BCUT2D eigenvalue weighted by Crippen LogP contribution is -2.23. The topological polar surface area (TPSA) is 54.9 Å². The molecule has 0 saturated carbocycles. The van der Waals surface area contributed by atoms with E-state index in [1.807, 2.05) is 72.8 Å². The third kappa shape index (κ3) is 6.78. The van der Waals surface area contributed by atoms with Gasteiger partial charge in [0.1, 0.15) is 18.1 Å². The number of hydrogen-bond donors (Lipinski definition) is 2. The molecule has 0 fully saturated rings. The Labute approximate surface area is 180 Å². The van der Waals surface area contributed by atoms with Gasteiger partial charge in [0, 0.05) is 10.7 Å². The molecule has 0 aromatic heterocycles. The number of hydrazone groups is 1. The fourth-order valence-corrected chi connectivity index (χ4v) is 2.73. The third-order valence-electron chi connectivity index (χ3n) is 3.90. The van der Waals surface area contributed by atoms with Gasteiger partial charge in [-0.1, -0.05) is 35.9 Å². The summed E-state index contributed by atoms with van der Waals surface area (Å²) in [7, 11) is 1.63. The lowest BCUT2D eigenvalue weighted by Gasteiger charge is -2.08. The fraction of sp³-hybridized carbons (Fsp3) is 0.0909. The Bertz CT molecular complexity index is 976. The van der Waals surface area contributed by atoms with Crippen LogP contribution in [0.1, 0.15) is 11.1 Å². The largest absolute Gasteiger partial charge is 0.497 e. The van der Waals surface area contributed by atoms with Gasteiger partial charge in [0.15, 0.2) is 5.11 Å². The standard InChI is InChI=1S/C22H20ClN3O2S/c1-27-20-11-9-19(10-12-20)25-22(29)26-24-14-17-3-2-4-21(13-17)28-15-16-5-7-18(23)8-6-16/h2-14H,15H2,1H3,(H2,25,26,29)/b24-14-. The number of benzene rings is 3. The average molecular weight is 426 g/mol. The second-order valence-corrected chi connectivity index (χ2v) is 6.88. The number of ether oxygens (including phenoxy) is 2. The first-order valence-electron chi connectivity index (χ1n) is 8.84. The molecule has 2 N–H and O–H groups in total. The Kier molecular flexibility index (Phi) is 7.44. The van der Waals surface area contributed by atoms with Crippen molar-refractivity contribution in [3.8, 4) is 11.5 Å². The minimum atomic E-state index is 0.390. The first kappa shape index (κ1) is 20.6. The number of rotatable bonds is 7. The van der Waals surface area contributed by atoms with Crippen molar-refractivity contribution in [1.82, 2.24) is 5.43 Å². The molecule has 0 aliphatic rings. The van der Waals surface area contributed by atoms with Crippen molar-refractivity contribution < 1.29 is 9.47 Å². The molecule has 0 saturated heterocycles. The van der Waals surface area contributed by atoms with Gasteiger partial charge in [-0.15, -0.1) is 0 Å². The molecule has 0 aliphatic heterocycles. The molecule has 3 aromatic rings. The van der Waals surface area contributed by atoms with E-state index in [-0.39, 0.29) is 0 Å². The first-order chi connectivity index (χ1) is 14.1. The second-order valence-electron chi connectivity index (χ2n) is 6.04.